The molecule has 0 spiro atoms. The second kappa shape index (κ2) is 7.97. The summed E-state index contributed by atoms with van der Waals surface area (Å²) in [5.74, 6) is 0.467. The SMILES string of the molecule is Cc1ccc(-c2coc(-c3ccc(NS(=O)(=O)c4cccc(Cl)c4)cc3)n2)c(C)c1. The van der Waals surface area contributed by atoms with Crippen LogP contribution in [-0.2, 0) is 10.0 Å². The van der Waals surface area contributed by atoms with Gasteiger partial charge >= 0.3 is 0 Å². The van der Waals surface area contributed by atoms with E-state index in [-0.39, 0.29) is 4.90 Å². The summed E-state index contributed by atoms with van der Waals surface area (Å²) in [4.78, 5) is 4.68. The number of nitrogens with one attached hydrogen (secondary N) is 1. The second-order valence-corrected chi connectivity index (χ2v) is 9.12. The van der Waals surface area contributed by atoms with E-state index in [0.29, 0.717) is 16.6 Å². The fraction of sp³-hybridized carbons (Fsp3) is 0.0870. The Labute approximate surface area is 180 Å². The first kappa shape index (κ1) is 20.2. The first-order valence-electron chi connectivity index (χ1n) is 9.24. The van der Waals surface area contributed by atoms with Gasteiger partial charge in [-0.15, -0.1) is 0 Å². The highest BCUT2D eigenvalue weighted by molar-refractivity contribution is 7.92. The zero-order chi connectivity index (χ0) is 21.3. The van der Waals surface area contributed by atoms with E-state index in [1.54, 1.807) is 42.7 Å². The molecule has 4 rings (SSSR count). The second-order valence-electron chi connectivity index (χ2n) is 7.00. The summed E-state index contributed by atoms with van der Waals surface area (Å²) >= 11 is 5.90. The monoisotopic (exact) mass is 438 g/mol. The van der Waals surface area contributed by atoms with Crippen molar-refractivity contribution in [3.05, 3.63) is 89.1 Å². The summed E-state index contributed by atoms with van der Waals surface area (Å²) in [6.45, 7) is 4.09. The van der Waals surface area contributed by atoms with Crippen LogP contribution in [0.2, 0.25) is 5.02 Å². The van der Waals surface area contributed by atoms with Gasteiger partial charge in [-0.05, 0) is 61.9 Å². The molecule has 0 radical (unpaired) electrons. The van der Waals surface area contributed by atoms with Crippen LogP contribution in [0.25, 0.3) is 22.7 Å². The quantitative estimate of drug-likeness (QED) is 0.409. The molecule has 0 aliphatic carbocycles. The highest BCUT2D eigenvalue weighted by atomic mass is 35.5. The molecule has 0 unspecified atom stereocenters. The van der Waals surface area contributed by atoms with E-state index in [4.69, 9.17) is 16.0 Å². The average molecular weight is 439 g/mol. The maximum absolute atomic E-state index is 12.5. The smallest absolute Gasteiger partial charge is 0.261 e. The van der Waals surface area contributed by atoms with Crippen LogP contribution >= 0.6 is 11.6 Å². The molecule has 3 aromatic carbocycles. The third kappa shape index (κ3) is 4.25. The standard InChI is InChI=1S/C23H19ClN2O3S/c1-15-6-11-21(16(2)12-15)22-14-29-23(25-22)17-7-9-19(10-8-17)26-30(27,28)20-5-3-4-18(24)13-20/h3-14,26H,1-2H3. The molecule has 7 heteroatoms. The van der Waals surface area contributed by atoms with Gasteiger partial charge < -0.3 is 4.42 Å². The Morgan fingerprint density at radius 2 is 1.73 bits per heavy atom. The maximum Gasteiger partial charge on any atom is 0.261 e. The average Bonchev–Trinajstić information content (AvgIpc) is 3.18. The molecule has 0 amide bonds. The van der Waals surface area contributed by atoms with Crippen LogP contribution in [0.15, 0.2) is 82.3 Å². The van der Waals surface area contributed by atoms with E-state index in [9.17, 15) is 8.42 Å². The molecule has 30 heavy (non-hydrogen) atoms. The lowest BCUT2D eigenvalue weighted by Crippen LogP contribution is -2.12. The van der Waals surface area contributed by atoms with Crippen molar-refractivity contribution in [3.63, 3.8) is 0 Å². The highest BCUT2D eigenvalue weighted by Crippen LogP contribution is 2.28. The fourth-order valence-corrected chi connectivity index (χ4v) is 4.52. The fourth-order valence-electron chi connectivity index (χ4n) is 3.16. The summed E-state index contributed by atoms with van der Waals surface area (Å²) in [7, 11) is -3.73. The number of halogens is 1. The molecule has 152 valence electrons. The molecule has 4 aromatic rings. The molecule has 1 aromatic heterocycles. The summed E-state index contributed by atoms with van der Waals surface area (Å²) in [6.07, 6.45) is 1.63. The van der Waals surface area contributed by atoms with E-state index in [0.717, 1.165) is 22.4 Å². The number of hydrogen-bond donors (Lipinski definition) is 1. The van der Waals surface area contributed by atoms with E-state index in [1.165, 1.54) is 17.7 Å². The minimum Gasteiger partial charge on any atom is -0.444 e. The minimum atomic E-state index is -3.73. The van der Waals surface area contributed by atoms with Crippen molar-refractivity contribution >= 4 is 27.3 Å². The highest BCUT2D eigenvalue weighted by Gasteiger charge is 2.15. The Balaban J connectivity index is 1.55. The van der Waals surface area contributed by atoms with Crippen LogP contribution in [0.3, 0.4) is 0 Å². The van der Waals surface area contributed by atoms with Crippen LogP contribution in [-0.4, -0.2) is 13.4 Å². The van der Waals surface area contributed by atoms with E-state index < -0.39 is 10.0 Å². The Morgan fingerprint density at radius 3 is 2.43 bits per heavy atom. The van der Waals surface area contributed by atoms with Crippen molar-refractivity contribution in [2.24, 2.45) is 0 Å². The summed E-state index contributed by atoms with van der Waals surface area (Å²) < 4.78 is 33.2. The van der Waals surface area contributed by atoms with E-state index in [1.807, 2.05) is 26.0 Å². The molecule has 5 nitrogen and oxygen atoms in total. The third-order valence-corrected chi connectivity index (χ3v) is 6.27. The van der Waals surface area contributed by atoms with Gasteiger partial charge in [0.2, 0.25) is 5.89 Å². The molecular weight excluding hydrogens is 420 g/mol. The van der Waals surface area contributed by atoms with Crippen LogP contribution < -0.4 is 4.72 Å². The lowest BCUT2D eigenvalue weighted by Gasteiger charge is -2.08. The summed E-state index contributed by atoms with van der Waals surface area (Å²) in [6, 6.07) is 19.1. The predicted molar refractivity (Wildman–Crippen MR) is 119 cm³/mol. The maximum atomic E-state index is 12.5. The number of oxazole rings is 1. The lowest BCUT2D eigenvalue weighted by molar-refractivity contribution is 0.575. The van der Waals surface area contributed by atoms with Crippen molar-refractivity contribution in [1.82, 2.24) is 4.98 Å². The first-order chi connectivity index (χ1) is 14.3. The minimum absolute atomic E-state index is 0.102. The first-order valence-corrected chi connectivity index (χ1v) is 11.1. The number of rotatable bonds is 5. The zero-order valence-corrected chi connectivity index (χ0v) is 18.0. The van der Waals surface area contributed by atoms with Gasteiger partial charge in [-0.3, -0.25) is 4.72 Å². The molecule has 0 aliphatic heterocycles. The van der Waals surface area contributed by atoms with Crippen molar-refractivity contribution in [2.45, 2.75) is 18.7 Å². The molecule has 0 atom stereocenters. The van der Waals surface area contributed by atoms with Crippen LogP contribution in [0, 0.1) is 13.8 Å². The predicted octanol–water partition coefficient (Wildman–Crippen LogP) is 6.08. The number of hydrogen-bond acceptors (Lipinski definition) is 4. The lowest BCUT2D eigenvalue weighted by atomic mass is 10.0. The molecule has 0 aliphatic rings. The number of benzene rings is 3. The Hall–Kier alpha value is -3.09. The third-order valence-electron chi connectivity index (χ3n) is 4.65. The largest absolute Gasteiger partial charge is 0.444 e. The zero-order valence-electron chi connectivity index (χ0n) is 16.4. The number of aromatic nitrogens is 1. The van der Waals surface area contributed by atoms with Gasteiger partial charge in [-0.2, -0.15) is 0 Å². The molecule has 1 N–H and O–H groups in total. The van der Waals surface area contributed by atoms with Gasteiger partial charge in [-0.1, -0.05) is 41.4 Å². The van der Waals surface area contributed by atoms with E-state index in [2.05, 4.69) is 15.8 Å². The number of nitrogens with zero attached hydrogens (tertiary/aromatic N) is 1. The van der Waals surface area contributed by atoms with Crippen molar-refractivity contribution in [1.29, 1.82) is 0 Å². The Morgan fingerprint density at radius 1 is 0.967 bits per heavy atom. The van der Waals surface area contributed by atoms with Crippen LogP contribution in [0.1, 0.15) is 11.1 Å². The molecular formula is C23H19ClN2O3S. The number of anilines is 1. The molecule has 0 saturated heterocycles. The Kier molecular flexibility index (Phi) is 5.37. The Bertz CT molecular complexity index is 1310. The van der Waals surface area contributed by atoms with Gasteiger partial charge in [0, 0.05) is 21.8 Å². The van der Waals surface area contributed by atoms with Gasteiger partial charge in [0.1, 0.15) is 12.0 Å². The number of aryl methyl sites for hydroxylation is 2. The van der Waals surface area contributed by atoms with E-state index >= 15 is 0 Å². The molecule has 1 heterocycles. The van der Waals surface area contributed by atoms with Gasteiger partial charge in [0.05, 0.1) is 4.90 Å². The normalized spacial score (nSPS) is 11.4. The molecule has 0 saturated carbocycles. The molecule has 0 fully saturated rings. The van der Waals surface area contributed by atoms with Crippen molar-refractivity contribution in [2.75, 3.05) is 4.72 Å². The molecule has 0 bridgehead atoms. The van der Waals surface area contributed by atoms with Crippen LogP contribution in [0.5, 0.6) is 0 Å². The van der Waals surface area contributed by atoms with Gasteiger partial charge in [-0.25, -0.2) is 13.4 Å². The summed E-state index contributed by atoms with van der Waals surface area (Å²) in [5.41, 5.74) is 5.27. The van der Waals surface area contributed by atoms with Crippen LogP contribution in [0.4, 0.5) is 5.69 Å². The van der Waals surface area contributed by atoms with Crippen molar-refractivity contribution in [3.8, 4) is 22.7 Å². The van der Waals surface area contributed by atoms with Crippen molar-refractivity contribution < 1.29 is 12.8 Å². The topological polar surface area (TPSA) is 72.2 Å². The number of sulfonamides is 1. The summed E-state index contributed by atoms with van der Waals surface area (Å²) in [5, 5.41) is 0.358. The van der Waals surface area contributed by atoms with Gasteiger partial charge in [0.25, 0.3) is 10.0 Å². The van der Waals surface area contributed by atoms with Gasteiger partial charge in [0.15, 0.2) is 0 Å².